The zero-order valence-corrected chi connectivity index (χ0v) is 11.0. The first kappa shape index (κ1) is 14.9. The van der Waals surface area contributed by atoms with Crippen LogP contribution in [-0.4, -0.2) is 28.1 Å². The summed E-state index contributed by atoms with van der Waals surface area (Å²) in [5, 5.41) is 11.5. The highest BCUT2D eigenvalue weighted by molar-refractivity contribution is 5.78. The lowest BCUT2D eigenvalue weighted by atomic mass is 9.94. The predicted molar refractivity (Wildman–Crippen MR) is 69.7 cm³/mol. The second kappa shape index (κ2) is 6.17. The third-order valence-electron chi connectivity index (χ3n) is 2.79. The molecule has 1 rings (SSSR count). The van der Waals surface area contributed by atoms with Crippen molar-refractivity contribution in [3.63, 3.8) is 0 Å². The first-order valence-corrected chi connectivity index (χ1v) is 5.98. The van der Waals surface area contributed by atoms with Crippen LogP contribution >= 0.6 is 0 Å². The van der Waals surface area contributed by atoms with Crippen molar-refractivity contribution >= 4 is 11.9 Å². The van der Waals surface area contributed by atoms with Gasteiger partial charge in [-0.3, -0.25) is 14.4 Å². The smallest absolute Gasteiger partial charge is 0.310 e. The van der Waals surface area contributed by atoms with E-state index in [2.05, 4.69) is 5.32 Å². The topological polar surface area (TPSA) is 88.4 Å². The molecule has 1 aromatic rings. The number of carboxylic acid groups (broad SMARTS) is 1. The molecule has 0 aromatic carbocycles. The number of nitrogens with zero attached hydrogens (tertiary/aromatic N) is 1. The van der Waals surface area contributed by atoms with Crippen molar-refractivity contribution in [1.29, 1.82) is 0 Å². The standard InChI is InChI=1S/C13H18N2O4/c1-13(2,12(18)19)9-14-10(16)6-8-15-7-4-3-5-11(15)17/h3-5,7H,6,8-9H2,1-2H3,(H,14,16)(H,18,19). The van der Waals surface area contributed by atoms with Gasteiger partial charge in [-0.15, -0.1) is 0 Å². The number of amides is 1. The number of pyridine rings is 1. The maximum absolute atomic E-state index is 11.6. The molecule has 0 spiro atoms. The quantitative estimate of drug-likeness (QED) is 0.783. The van der Waals surface area contributed by atoms with Gasteiger partial charge < -0.3 is 15.0 Å². The number of carbonyl (C=O) groups is 2. The Hall–Kier alpha value is -2.11. The van der Waals surface area contributed by atoms with Crippen molar-refractivity contribution in [3.05, 3.63) is 34.7 Å². The molecule has 6 nitrogen and oxygen atoms in total. The molecule has 0 aliphatic carbocycles. The number of hydrogen-bond acceptors (Lipinski definition) is 3. The molecular weight excluding hydrogens is 248 g/mol. The molecule has 0 fully saturated rings. The van der Waals surface area contributed by atoms with E-state index in [-0.39, 0.29) is 31.0 Å². The van der Waals surface area contributed by atoms with E-state index in [1.165, 1.54) is 24.5 Å². The van der Waals surface area contributed by atoms with Crippen LogP contribution in [0.2, 0.25) is 0 Å². The summed E-state index contributed by atoms with van der Waals surface area (Å²) in [5.41, 5.74) is -1.17. The summed E-state index contributed by atoms with van der Waals surface area (Å²) >= 11 is 0. The fourth-order valence-corrected chi connectivity index (χ4v) is 1.35. The maximum Gasteiger partial charge on any atom is 0.310 e. The lowest BCUT2D eigenvalue weighted by Crippen LogP contribution is -2.39. The van der Waals surface area contributed by atoms with E-state index in [4.69, 9.17) is 5.11 Å². The van der Waals surface area contributed by atoms with Gasteiger partial charge in [0.2, 0.25) is 5.91 Å². The van der Waals surface area contributed by atoms with Gasteiger partial charge in [-0.05, 0) is 19.9 Å². The largest absolute Gasteiger partial charge is 0.481 e. The number of carboxylic acids is 1. The van der Waals surface area contributed by atoms with Crippen molar-refractivity contribution in [2.24, 2.45) is 5.41 Å². The van der Waals surface area contributed by atoms with Crippen LogP contribution in [0, 0.1) is 5.41 Å². The Morgan fingerprint density at radius 3 is 2.63 bits per heavy atom. The van der Waals surface area contributed by atoms with Gasteiger partial charge in [-0.1, -0.05) is 6.07 Å². The van der Waals surface area contributed by atoms with Gasteiger partial charge in [-0.25, -0.2) is 0 Å². The summed E-state index contributed by atoms with van der Waals surface area (Å²) in [7, 11) is 0. The van der Waals surface area contributed by atoms with Crippen LogP contribution in [0.3, 0.4) is 0 Å². The third-order valence-corrected chi connectivity index (χ3v) is 2.79. The minimum absolute atomic E-state index is 0.0604. The number of hydrogen-bond donors (Lipinski definition) is 2. The summed E-state index contributed by atoms with van der Waals surface area (Å²) < 4.78 is 1.43. The molecule has 1 aromatic heterocycles. The van der Waals surface area contributed by atoms with Crippen molar-refractivity contribution in [3.8, 4) is 0 Å². The van der Waals surface area contributed by atoms with Crippen LogP contribution in [0.15, 0.2) is 29.2 Å². The third kappa shape index (κ3) is 4.57. The van der Waals surface area contributed by atoms with Gasteiger partial charge >= 0.3 is 5.97 Å². The molecule has 0 unspecified atom stereocenters. The molecule has 6 heteroatoms. The summed E-state index contributed by atoms with van der Waals surface area (Å²) in [5.74, 6) is -1.24. The van der Waals surface area contributed by atoms with E-state index in [0.29, 0.717) is 0 Å². The molecule has 1 amide bonds. The number of aryl methyl sites for hydroxylation is 1. The second-order valence-electron chi connectivity index (χ2n) is 4.95. The minimum Gasteiger partial charge on any atom is -0.481 e. The summed E-state index contributed by atoms with van der Waals surface area (Å²) in [6.07, 6.45) is 1.75. The number of rotatable bonds is 6. The van der Waals surface area contributed by atoms with E-state index in [9.17, 15) is 14.4 Å². The summed E-state index contributed by atoms with van der Waals surface area (Å²) in [6, 6.07) is 4.77. The van der Waals surface area contributed by atoms with Gasteiger partial charge in [0, 0.05) is 31.8 Å². The predicted octanol–water partition coefficient (Wildman–Crippen LogP) is 0.465. The fraction of sp³-hybridized carbons (Fsp3) is 0.462. The Bertz CT molecular complexity index is 519. The molecule has 2 N–H and O–H groups in total. The average Bonchev–Trinajstić information content (AvgIpc) is 2.35. The van der Waals surface area contributed by atoms with Crippen LogP contribution in [0.1, 0.15) is 20.3 Å². The Labute approximate surface area is 111 Å². The molecule has 1 heterocycles. The van der Waals surface area contributed by atoms with Gasteiger partial charge in [0.05, 0.1) is 5.41 Å². The van der Waals surface area contributed by atoms with Crippen LogP contribution < -0.4 is 10.9 Å². The second-order valence-corrected chi connectivity index (χ2v) is 4.95. The van der Waals surface area contributed by atoms with Gasteiger partial charge in [0.15, 0.2) is 0 Å². The van der Waals surface area contributed by atoms with Crippen molar-refractivity contribution < 1.29 is 14.7 Å². The van der Waals surface area contributed by atoms with E-state index in [1.54, 1.807) is 18.3 Å². The Balaban J connectivity index is 2.43. The van der Waals surface area contributed by atoms with Crippen molar-refractivity contribution in [1.82, 2.24) is 9.88 Å². The fourth-order valence-electron chi connectivity index (χ4n) is 1.35. The monoisotopic (exact) mass is 266 g/mol. The molecule has 0 bridgehead atoms. The Morgan fingerprint density at radius 1 is 1.37 bits per heavy atom. The van der Waals surface area contributed by atoms with E-state index < -0.39 is 11.4 Å². The number of nitrogens with one attached hydrogen (secondary N) is 1. The number of aromatic nitrogens is 1. The Kier molecular flexibility index (Phi) is 4.86. The lowest BCUT2D eigenvalue weighted by Gasteiger charge is -2.19. The lowest BCUT2D eigenvalue weighted by molar-refractivity contribution is -0.146. The highest BCUT2D eigenvalue weighted by Gasteiger charge is 2.27. The van der Waals surface area contributed by atoms with Gasteiger partial charge in [-0.2, -0.15) is 0 Å². The van der Waals surface area contributed by atoms with Crippen molar-refractivity contribution in [2.75, 3.05) is 6.54 Å². The zero-order valence-electron chi connectivity index (χ0n) is 11.0. The normalized spacial score (nSPS) is 11.1. The summed E-state index contributed by atoms with van der Waals surface area (Å²) in [6.45, 7) is 3.42. The highest BCUT2D eigenvalue weighted by atomic mass is 16.4. The average molecular weight is 266 g/mol. The van der Waals surface area contributed by atoms with Crippen LogP contribution in [0.4, 0.5) is 0 Å². The molecular formula is C13H18N2O4. The van der Waals surface area contributed by atoms with E-state index in [1.807, 2.05) is 0 Å². The molecule has 0 atom stereocenters. The maximum atomic E-state index is 11.6. The number of aliphatic carboxylic acids is 1. The highest BCUT2D eigenvalue weighted by Crippen LogP contribution is 2.12. The molecule has 0 radical (unpaired) electrons. The first-order valence-electron chi connectivity index (χ1n) is 5.98. The SMILES string of the molecule is CC(C)(CNC(=O)CCn1ccccc1=O)C(=O)O. The number of carbonyl (C=O) groups excluding carboxylic acids is 1. The molecule has 0 aliphatic heterocycles. The van der Waals surface area contributed by atoms with E-state index >= 15 is 0 Å². The van der Waals surface area contributed by atoms with Gasteiger partial charge in [0.1, 0.15) is 0 Å². The minimum atomic E-state index is -1.00. The molecule has 104 valence electrons. The first-order chi connectivity index (χ1) is 8.83. The van der Waals surface area contributed by atoms with Crippen LogP contribution in [0.5, 0.6) is 0 Å². The van der Waals surface area contributed by atoms with Crippen molar-refractivity contribution in [2.45, 2.75) is 26.8 Å². The van der Waals surface area contributed by atoms with Crippen LogP contribution in [-0.2, 0) is 16.1 Å². The van der Waals surface area contributed by atoms with E-state index in [0.717, 1.165) is 0 Å². The molecule has 19 heavy (non-hydrogen) atoms. The molecule has 0 saturated carbocycles. The van der Waals surface area contributed by atoms with Crippen LogP contribution in [0.25, 0.3) is 0 Å². The summed E-state index contributed by atoms with van der Waals surface area (Å²) in [4.78, 5) is 33.8. The zero-order chi connectivity index (χ0) is 14.5. The molecule has 0 saturated heterocycles. The Morgan fingerprint density at radius 2 is 2.05 bits per heavy atom. The molecule has 0 aliphatic rings. The van der Waals surface area contributed by atoms with Gasteiger partial charge in [0.25, 0.3) is 5.56 Å².